The second-order valence-corrected chi connectivity index (χ2v) is 12.9. The number of halogens is 2. The van der Waals surface area contributed by atoms with E-state index in [0.29, 0.717) is 24.8 Å². The highest BCUT2D eigenvalue weighted by Crippen LogP contribution is 2.30. The Morgan fingerprint density at radius 3 is 2.33 bits per heavy atom. The topological polar surface area (TPSA) is 151 Å². The van der Waals surface area contributed by atoms with Crippen LogP contribution in [-0.4, -0.2) is 41.5 Å². The molecule has 0 unspecified atom stereocenters. The van der Waals surface area contributed by atoms with E-state index in [-0.39, 0.29) is 52.6 Å². The highest BCUT2D eigenvalue weighted by molar-refractivity contribution is 7.90. The maximum absolute atomic E-state index is 16.0. The van der Waals surface area contributed by atoms with Gasteiger partial charge in [0.15, 0.2) is 21.4 Å². The lowest BCUT2D eigenvalue weighted by Gasteiger charge is -2.21. The molecule has 0 radical (unpaired) electrons. The molecule has 244 valence electrons. The van der Waals surface area contributed by atoms with Crippen LogP contribution >= 0.6 is 0 Å². The molecule has 0 saturated heterocycles. The molecule has 0 spiro atoms. The Kier molecular flexibility index (Phi) is 10.9. The molecular weight excluding hydrogens is 620 g/mol. The number of carbonyl (C=O) groups is 1. The molecule has 1 atom stereocenters. The van der Waals surface area contributed by atoms with Crippen LogP contribution in [0.4, 0.5) is 8.78 Å². The quantitative estimate of drug-likeness (QED) is 0.189. The van der Waals surface area contributed by atoms with E-state index < -0.39 is 51.3 Å². The Hall–Kier alpha value is -4.62. The molecule has 0 saturated carbocycles. The van der Waals surface area contributed by atoms with Crippen molar-refractivity contribution in [3.63, 3.8) is 0 Å². The first-order valence-electron chi connectivity index (χ1n) is 14.6. The first-order chi connectivity index (χ1) is 21.8. The number of carboxylic acid groups (broad SMARTS) is 1. The normalized spacial score (nSPS) is 12.2. The van der Waals surface area contributed by atoms with Crippen LogP contribution < -0.4 is 21.7 Å². The standard InChI is InChI=1S/C33H35F2N3O7S/c1-21-30(23-13-9-15-27(31(23)35)45-18-8-4-7-17-29(39)40)32(41)38(20-26(36)22-11-5-3-6-12-22)33(42)37(21)19-24-25(34)14-10-16-28(24)46(2,43)44/h3,5-6,9-16,26H,4,7-8,17-20,36H2,1-2H3,(H,39,40)/t26-/m0/s1. The van der Waals surface area contributed by atoms with Crippen molar-refractivity contribution in [1.29, 1.82) is 0 Å². The van der Waals surface area contributed by atoms with Crippen molar-refractivity contribution in [3.8, 4) is 16.9 Å². The van der Waals surface area contributed by atoms with Crippen molar-refractivity contribution < 1.29 is 31.8 Å². The molecule has 4 rings (SSSR count). The zero-order chi connectivity index (χ0) is 33.6. The van der Waals surface area contributed by atoms with Crippen LogP contribution in [0, 0.1) is 18.6 Å². The summed E-state index contributed by atoms with van der Waals surface area (Å²) in [5.74, 6) is -2.82. The molecule has 0 aliphatic rings. The molecule has 4 aromatic rings. The van der Waals surface area contributed by atoms with Gasteiger partial charge in [0.1, 0.15) is 5.82 Å². The summed E-state index contributed by atoms with van der Waals surface area (Å²) in [6.07, 6.45) is 2.39. The van der Waals surface area contributed by atoms with Crippen LogP contribution in [0.5, 0.6) is 5.75 Å². The molecule has 0 aliphatic carbocycles. The number of nitrogens with zero attached hydrogens (tertiary/aromatic N) is 2. The molecule has 3 N–H and O–H groups in total. The summed E-state index contributed by atoms with van der Waals surface area (Å²) in [6.45, 7) is 0.618. The van der Waals surface area contributed by atoms with E-state index in [1.54, 1.807) is 30.3 Å². The van der Waals surface area contributed by atoms with E-state index in [1.807, 2.05) is 0 Å². The van der Waals surface area contributed by atoms with Gasteiger partial charge in [-0.1, -0.05) is 48.5 Å². The second-order valence-electron chi connectivity index (χ2n) is 10.9. The van der Waals surface area contributed by atoms with Gasteiger partial charge in [-0.15, -0.1) is 0 Å². The van der Waals surface area contributed by atoms with Gasteiger partial charge in [-0.25, -0.2) is 22.0 Å². The third-order valence-corrected chi connectivity index (χ3v) is 8.79. The average Bonchev–Trinajstić information content (AvgIpc) is 3.01. The molecule has 0 aliphatic heterocycles. The average molecular weight is 656 g/mol. The van der Waals surface area contributed by atoms with E-state index in [1.165, 1.54) is 37.3 Å². The molecule has 1 heterocycles. The van der Waals surface area contributed by atoms with Crippen LogP contribution in [0.3, 0.4) is 0 Å². The predicted octanol–water partition coefficient (Wildman–Crippen LogP) is 4.44. The molecule has 0 fully saturated rings. The largest absolute Gasteiger partial charge is 0.490 e. The number of benzene rings is 3. The zero-order valence-electron chi connectivity index (χ0n) is 25.4. The Labute approximate surface area is 264 Å². The minimum absolute atomic E-state index is 0.0115. The fraction of sp³-hybridized carbons (Fsp3) is 0.303. The number of aliphatic carboxylic acids is 1. The van der Waals surface area contributed by atoms with Gasteiger partial charge in [-0.05, 0) is 49.9 Å². The molecule has 1 aromatic heterocycles. The number of rotatable bonds is 14. The van der Waals surface area contributed by atoms with E-state index in [9.17, 15) is 22.8 Å². The van der Waals surface area contributed by atoms with Crippen LogP contribution in [0.15, 0.2) is 81.2 Å². The highest BCUT2D eigenvalue weighted by Gasteiger charge is 2.25. The van der Waals surface area contributed by atoms with Crippen LogP contribution in [0.25, 0.3) is 11.1 Å². The Bertz CT molecular complexity index is 1960. The number of nitrogens with two attached hydrogens (primary N) is 1. The molecule has 46 heavy (non-hydrogen) atoms. The predicted molar refractivity (Wildman–Crippen MR) is 169 cm³/mol. The van der Waals surface area contributed by atoms with Gasteiger partial charge in [0, 0.05) is 35.5 Å². The van der Waals surface area contributed by atoms with Gasteiger partial charge >= 0.3 is 11.7 Å². The minimum atomic E-state index is -3.92. The van der Waals surface area contributed by atoms with Crippen molar-refractivity contribution in [2.45, 2.75) is 56.6 Å². The Morgan fingerprint density at radius 2 is 1.65 bits per heavy atom. The van der Waals surface area contributed by atoms with Crippen molar-refractivity contribution in [2.75, 3.05) is 12.9 Å². The first kappa shape index (κ1) is 34.3. The number of hydrogen-bond acceptors (Lipinski definition) is 7. The van der Waals surface area contributed by atoms with Crippen LogP contribution in [0.1, 0.15) is 48.5 Å². The Morgan fingerprint density at radius 1 is 0.957 bits per heavy atom. The molecule has 10 nitrogen and oxygen atoms in total. The summed E-state index contributed by atoms with van der Waals surface area (Å²) in [5.41, 5.74) is 4.59. The Balaban J connectivity index is 1.84. The summed E-state index contributed by atoms with van der Waals surface area (Å²) in [4.78, 5) is 38.3. The lowest BCUT2D eigenvalue weighted by atomic mass is 10.0. The fourth-order valence-corrected chi connectivity index (χ4v) is 6.15. The zero-order valence-corrected chi connectivity index (χ0v) is 26.2. The maximum atomic E-state index is 16.0. The van der Waals surface area contributed by atoms with Crippen molar-refractivity contribution in [1.82, 2.24) is 9.13 Å². The number of ether oxygens (including phenoxy) is 1. The van der Waals surface area contributed by atoms with Crippen LogP contribution in [-0.2, 0) is 27.7 Å². The number of unbranched alkanes of at least 4 members (excludes halogenated alkanes) is 2. The smallest absolute Gasteiger partial charge is 0.331 e. The van der Waals surface area contributed by atoms with Gasteiger partial charge in [-0.2, -0.15) is 0 Å². The molecule has 0 bridgehead atoms. The van der Waals surface area contributed by atoms with Crippen LogP contribution in [0.2, 0.25) is 0 Å². The van der Waals surface area contributed by atoms with Gasteiger partial charge in [0.05, 0.1) is 30.2 Å². The number of sulfone groups is 1. The van der Waals surface area contributed by atoms with Crippen molar-refractivity contribution in [2.24, 2.45) is 5.73 Å². The molecule has 0 amide bonds. The summed E-state index contributed by atoms with van der Waals surface area (Å²) in [6, 6.07) is 15.6. The lowest BCUT2D eigenvalue weighted by molar-refractivity contribution is -0.137. The van der Waals surface area contributed by atoms with E-state index in [4.69, 9.17) is 15.6 Å². The maximum Gasteiger partial charge on any atom is 0.331 e. The van der Waals surface area contributed by atoms with Gasteiger partial charge < -0.3 is 15.6 Å². The van der Waals surface area contributed by atoms with E-state index in [0.717, 1.165) is 21.5 Å². The lowest BCUT2D eigenvalue weighted by Crippen LogP contribution is -2.44. The molecule has 3 aromatic carbocycles. The van der Waals surface area contributed by atoms with Gasteiger partial charge in [0.2, 0.25) is 0 Å². The van der Waals surface area contributed by atoms with Gasteiger partial charge in [-0.3, -0.25) is 18.7 Å². The SMILES string of the molecule is Cc1c(-c2cccc(OCCCCCC(=O)O)c2F)c(=O)n(C[C@H](N)c2ccccc2)c(=O)n1Cc1c(F)cccc1S(C)(=O)=O. The number of hydrogen-bond donors (Lipinski definition) is 2. The third kappa shape index (κ3) is 7.77. The van der Waals surface area contributed by atoms with E-state index >= 15 is 8.78 Å². The first-order valence-corrected chi connectivity index (χ1v) is 16.5. The second kappa shape index (κ2) is 14.6. The minimum Gasteiger partial charge on any atom is -0.490 e. The molecule has 13 heteroatoms. The number of aromatic nitrogens is 2. The van der Waals surface area contributed by atoms with Gasteiger partial charge in [0.25, 0.3) is 5.56 Å². The van der Waals surface area contributed by atoms with Crippen molar-refractivity contribution in [3.05, 3.63) is 116 Å². The highest BCUT2D eigenvalue weighted by atomic mass is 32.2. The third-order valence-electron chi connectivity index (χ3n) is 7.61. The summed E-state index contributed by atoms with van der Waals surface area (Å²) >= 11 is 0. The molecular formula is C33H35F2N3O7S. The number of carboxylic acids is 1. The summed E-state index contributed by atoms with van der Waals surface area (Å²) in [5, 5.41) is 8.79. The summed E-state index contributed by atoms with van der Waals surface area (Å²) in [7, 11) is -3.92. The van der Waals surface area contributed by atoms with Crippen molar-refractivity contribution >= 4 is 15.8 Å². The van der Waals surface area contributed by atoms with E-state index in [2.05, 4.69) is 0 Å². The monoisotopic (exact) mass is 655 g/mol. The summed E-state index contributed by atoms with van der Waals surface area (Å²) < 4.78 is 63.7. The fourth-order valence-electron chi connectivity index (χ4n) is 5.21.